The molecule has 0 radical (unpaired) electrons. The van der Waals surface area contributed by atoms with Gasteiger partial charge in [0.2, 0.25) is 0 Å². The van der Waals surface area contributed by atoms with Crippen LogP contribution in [-0.4, -0.2) is 21.1 Å². The van der Waals surface area contributed by atoms with E-state index in [2.05, 4.69) is 6.92 Å². The van der Waals surface area contributed by atoms with Gasteiger partial charge in [-0.05, 0) is 74.2 Å². The average Bonchev–Trinajstić information content (AvgIpc) is 2.62. The fourth-order valence-electron chi connectivity index (χ4n) is 3.21. The van der Waals surface area contributed by atoms with Crippen molar-refractivity contribution in [2.45, 2.75) is 50.5 Å². The summed E-state index contributed by atoms with van der Waals surface area (Å²) in [6.07, 6.45) is 3.33. The van der Waals surface area contributed by atoms with E-state index in [0.717, 1.165) is 18.4 Å². The summed E-state index contributed by atoms with van der Waals surface area (Å²) in [6.45, 7) is 4.58. The first-order valence-corrected chi connectivity index (χ1v) is 10.4. The van der Waals surface area contributed by atoms with E-state index in [4.69, 9.17) is 4.74 Å². The Kier molecular flexibility index (Phi) is 5.51. The molecule has 0 amide bonds. The summed E-state index contributed by atoms with van der Waals surface area (Å²) in [5.74, 6) is 0.316. The maximum atomic E-state index is 13.5. The number of halogens is 1. The molecular weight excluding hydrogens is 353 g/mol. The monoisotopic (exact) mass is 377 g/mol. The van der Waals surface area contributed by atoms with Crippen LogP contribution in [0.1, 0.15) is 38.7 Å². The smallest absolute Gasteiger partial charge is 0.264 e. The lowest BCUT2D eigenvalue weighted by molar-refractivity contribution is 0.309. The van der Waals surface area contributed by atoms with Crippen LogP contribution >= 0.6 is 0 Å². The molecule has 0 spiro atoms. The first kappa shape index (κ1) is 18.7. The third kappa shape index (κ3) is 3.70. The molecule has 140 valence electrons. The molecule has 1 aliphatic rings. The van der Waals surface area contributed by atoms with Gasteiger partial charge in [0.1, 0.15) is 11.6 Å². The number of ether oxygens (including phenoxy) is 1. The summed E-state index contributed by atoms with van der Waals surface area (Å²) in [4.78, 5) is 0.212. The topological polar surface area (TPSA) is 46.6 Å². The number of hydrogen-bond acceptors (Lipinski definition) is 3. The van der Waals surface area contributed by atoms with Crippen LogP contribution in [0.3, 0.4) is 0 Å². The highest BCUT2D eigenvalue weighted by molar-refractivity contribution is 7.92. The van der Waals surface area contributed by atoms with Crippen LogP contribution in [-0.2, 0) is 16.4 Å². The van der Waals surface area contributed by atoms with Gasteiger partial charge < -0.3 is 4.74 Å². The Bertz CT molecular complexity index is 865. The lowest BCUT2D eigenvalue weighted by Crippen LogP contribution is -2.42. The van der Waals surface area contributed by atoms with Crippen molar-refractivity contribution in [1.29, 1.82) is 0 Å². The minimum absolute atomic E-state index is 0.182. The molecule has 0 fully saturated rings. The Morgan fingerprint density at radius 2 is 1.92 bits per heavy atom. The molecule has 0 saturated heterocycles. The Morgan fingerprint density at radius 3 is 2.62 bits per heavy atom. The first-order chi connectivity index (χ1) is 12.4. The van der Waals surface area contributed by atoms with Crippen molar-refractivity contribution in [2.24, 2.45) is 0 Å². The largest absolute Gasteiger partial charge is 0.494 e. The molecule has 2 aromatic carbocycles. The van der Waals surface area contributed by atoms with Gasteiger partial charge in [0, 0.05) is 6.04 Å². The minimum atomic E-state index is -3.72. The molecule has 26 heavy (non-hydrogen) atoms. The molecule has 0 bridgehead atoms. The van der Waals surface area contributed by atoms with Crippen molar-refractivity contribution >= 4 is 15.7 Å². The van der Waals surface area contributed by atoms with Crippen LogP contribution in [0.4, 0.5) is 10.1 Å². The standard InChI is InChI=1S/C20H24FNO3S/c1-3-4-13-25-18-8-10-19(11-9-18)26(23,24)22-15(2)5-6-16-14-17(21)7-12-20(16)22/h7-12,14-15H,3-6,13H2,1-2H3. The summed E-state index contributed by atoms with van der Waals surface area (Å²) < 4.78 is 47.0. The summed E-state index contributed by atoms with van der Waals surface area (Å²) in [6, 6.07) is 10.6. The quantitative estimate of drug-likeness (QED) is 0.695. The van der Waals surface area contributed by atoms with Crippen LogP contribution < -0.4 is 9.04 Å². The van der Waals surface area contributed by atoms with Gasteiger partial charge in [-0.1, -0.05) is 13.3 Å². The summed E-state index contributed by atoms with van der Waals surface area (Å²) >= 11 is 0. The molecule has 1 aliphatic heterocycles. The van der Waals surface area contributed by atoms with E-state index in [1.54, 1.807) is 30.3 Å². The predicted octanol–water partition coefficient (Wildman–Crippen LogP) is 4.53. The van der Waals surface area contributed by atoms with Crippen molar-refractivity contribution in [3.63, 3.8) is 0 Å². The molecule has 1 heterocycles. The van der Waals surface area contributed by atoms with Gasteiger partial charge in [-0.15, -0.1) is 0 Å². The van der Waals surface area contributed by atoms with Gasteiger partial charge >= 0.3 is 0 Å². The number of unbranched alkanes of at least 4 members (excludes halogenated alkanes) is 1. The van der Waals surface area contributed by atoms with Crippen LogP contribution in [0.25, 0.3) is 0 Å². The predicted molar refractivity (Wildman–Crippen MR) is 101 cm³/mol. The van der Waals surface area contributed by atoms with Crippen LogP contribution in [0.15, 0.2) is 47.4 Å². The van der Waals surface area contributed by atoms with E-state index in [1.165, 1.54) is 16.4 Å². The van der Waals surface area contributed by atoms with Crippen molar-refractivity contribution in [2.75, 3.05) is 10.9 Å². The molecular formula is C20H24FNO3S. The Hall–Kier alpha value is -2.08. The second kappa shape index (κ2) is 7.66. The first-order valence-electron chi connectivity index (χ1n) is 8.99. The fraction of sp³-hybridized carbons (Fsp3) is 0.400. The molecule has 0 aliphatic carbocycles. The molecule has 0 N–H and O–H groups in total. The zero-order valence-electron chi connectivity index (χ0n) is 15.1. The highest BCUT2D eigenvalue weighted by Crippen LogP contribution is 2.36. The average molecular weight is 377 g/mol. The molecule has 3 rings (SSSR count). The molecule has 4 nitrogen and oxygen atoms in total. The van der Waals surface area contributed by atoms with Crippen molar-refractivity contribution in [3.05, 3.63) is 53.8 Å². The van der Waals surface area contributed by atoms with Crippen molar-refractivity contribution in [3.8, 4) is 5.75 Å². The molecule has 1 atom stereocenters. The third-order valence-electron chi connectivity index (χ3n) is 4.66. The Labute approximate surface area is 154 Å². The van der Waals surface area contributed by atoms with E-state index in [1.807, 2.05) is 6.92 Å². The Balaban J connectivity index is 1.90. The molecule has 0 saturated carbocycles. The Morgan fingerprint density at radius 1 is 1.19 bits per heavy atom. The maximum Gasteiger partial charge on any atom is 0.264 e. The second-order valence-electron chi connectivity index (χ2n) is 6.64. The van der Waals surface area contributed by atoms with Crippen LogP contribution in [0.2, 0.25) is 0 Å². The number of fused-ring (bicyclic) bond motifs is 1. The molecule has 6 heteroatoms. The van der Waals surface area contributed by atoms with Crippen molar-refractivity contribution in [1.82, 2.24) is 0 Å². The highest BCUT2D eigenvalue weighted by Gasteiger charge is 2.33. The van der Waals surface area contributed by atoms with Gasteiger partial charge in [0.25, 0.3) is 10.0 Å². The number of aryl methyl sites for hydroxylation is 1. The van der Waals surface area contributed by atoms with Crippen LogP contribution in [0, 0.1) is 5.82 Å². The van der Waals surface area contributed by atoms with Gasteiger partial charge in [-0.3, -0.25) is 4.31 Å². The number of nitrogens with zero attached hydrogens (tertiary/aromatic N) is 1. The number of anilines is 1. The SMILES string of the molecule is CCCCOc1ccc(S(=O)(=O)N2c3ccc(F)cc3CCC2C)cc1. The van der Waals surface area contributed by atoms with E-state index in [9.17, 15) is 12.8 Å². The van der Waals surface area contributed by atoms with Gasteiger partial charge in [-0.25, -0.2) is 12.8 Å². The van der Waals surface area contributed by atoms with Crippen LogP contribution in [0.5, 0.6) is 5.75 Å². The van der Waals surface area contributed by atoms with E-state index < -0.39 is 10.0 Å². The molecule has 0 aromatic heterocycles. The van der Waals surface area contributed by atoms with E-state index in [0.29, 0.717) is 30.9 Å². The minimum Gasteiger partial charge on any atom is -0.494 e. The van der Waals surface area contributed by atoms with Gasteiger partial charge in [-0.2, -0.15) is 0 Å². The zero-order chi connectivity index (χ0) is 18.7. The van der Waals surface area contributed by atoms with Gasteiger partial charge in [0.05, 0.1) is 17.2 Å². The molecule has 1 unspecified atom stereocenters. The number of hydrogen-bond donors (Lipinski definition) is 0. The summed E-state index contributed by atoms with van der Waals surface area (Å²) in [7, 11) is -3.72. The summed E-state index contributed by atoms with van der Waals surface area (Å²) in [5, 5.41) is 0. The number of sulfonamides is 1. The number of rotatable bonds is 6. The zero-order valence-corrected chi connectivity index (χ0v) is 15.9. The lowest BCUT2D eigenvalue weighted by atomic mass is 9.99. The van der Waals surface area contributed by atoms with E-state index in [-0.39, 0.29) is 16.8 Å². The lowest BCUT2D eigenvalue weighted by Gasteiger charge is -2.36. The van der Waals surface area contributed by atoms with Gasteiger partial charge in [0.15, 0.2) is 0 Å². The third-order valence-corrected chi connectivity index (χ3v) is 6.60. The maximum absolute atomic E-state index is 13.5. The fourth-order valence-corrected chi connectivity index (χ4v) is 4.93. The van der Waals surface area contributed by atoms with Crippen molar-refractivity contribution < 1.29 is 17.5 Å². The normalized spacial score (nSPS) is 17.0. The molecule has 2 aromatic rings. The highest BCUT2D eigenvalue weighted by atomic mass is 32.2. The summed E-state index contributed by atoms with van der Waals surface area (Å²) in [5.41, 5.74) is 1.29. The van der Waals surface area contributed by atoms with E-state index >= 15 is 0 Å². The number of benzene rings is 2. The second-order valence-corrected chi connectivity index (χ2v) is 8.45.